The Labute approximate surface area is 130 Å². The van der Waals surface area contributed by atoms with Gasteiger partial charge in [-0.3, -0.25) is 4.79 Å². The minimum atomic E-state index is -0.0203. The lowest BCUT2D eigenvalue weighted by molar-refractivity contribution is -0.117. The van der Waals surface area contributed by atoms with Crippen LogP contribution < -0.4 is 5.32 Å². The van der Waals surface area contributed by atoms with Gasteiger partial charge in [-0.2, -0.15) is 0 Å². The van der Waals surface area contributed by atoms with Crippen molar-refractivity contribution in [2.45, 2.75) is 32.1 Å². The molecule has 2 aromatic rings. The number of fused-ring (bicyclic) bond motifs is 1. The summed E-state index contributed by atoms with van der Waals surface area (Å²) in [6.07, 6.45) is 3.12. The van der Waals surface area contributed by atoms with Crippen molar-refractivity contribution < 1.29 is 4.79 Å². The molecule has 0 aromatic carbocycles. The van der Waals surface area contributed by atoms with Crippen LogP contribution in [0, 0.1) is 6.92 Å². The Hall–Kier alpha value is -1.20. The minimum absolute atomic E-state index is 0.0203. The van der Waals surface area contributed by atoms with Crippen molar-refractivity contribution in [1.82, 2.24) is 4.98 Å². The summed E-state index contributed by atoms with van der Waals surface area (Å²) >= 11 is 5.09. The number of aromatic nitrogens is 1. The van der Waals surface area contributed by atoms with Gasteiger partial charge in [-0.25, -0.2) is 4.98 Å². The van der Waals surface area contributed by atoms with E-state index >= 15 is 0 Å². The molecule has 1 atom stereocenters. The van der Waals surface area contributed by atoms with Crippen LogP contribution in [-0.4, -0.2) is 10.9 Å². The van der Waals surface area contributed by atoms with Crippen molar-refractivity contribution in [2.24, 2.45) is 0 Å². The minimum Gasteiger partial charge on any atom is -0.324 e. The summed E-state index contributed by atoms with van der Waals surface area (Å²) in [7, 11) is 0. The van der Waals surface area contributed by atoms with E-state index in [0.29, 0.717) is 0 Å². The van der Waals surface area contributed by atoms with E-state index in [1.165, 1.54) is 10.4 Å². The molecule has 0 bridgehead atoms. The van der Waals surface area contributed by atoms with E-state index < -0.39 is 0 Å². The Morgan fingerprint density at radius 3 is 3.10 bits per heavy atom. The standard InChI is InChI=1S/C15H15BrN2OS/c1-9-12(5-6-14(16)17-9)18-15(19)11-3-2-4-13-10(11)7-8-20-13/h5-8,11H,2-4H2,1H3,(H,18,19). The fourth-order valence-electron chi connectivity index (χ4n) is 2.64. The van der Waals surface area contributed by atoms with Crippen molar-refractivity contribution in [2.75, 3.05) is 5.32 Å². The molecule has 3 rings (SSSR count). The molecule has 1 aliphatic rings. The molecule has 1 N–H and O–H groups in total. The first-order valence-electron chi connectivity index (χ1n) is 6.65. The highest BCUT2D eigenvalue weighted by Gasteiger charge is 2.27. The fourth-order valence-corrected chi connectivity index (χ4v) is 4.03. The van der Waals surface area contributed by atoms with Crippen molar-refractivity contribution in [1.29, 1.82) is 0 Å². The number of thiophene rings is 1. The Bertz CT molecular complexity index is 653. The summed E-state index contributed by atoms with van der Waals surface area (Å²) in [4.78, 5) is 18.2. The second-order valence-electron chi connectivity index (χ2n) is 5.00. The second-order valence-corrected chi connectivity index (χ2v) is 6.81. The van der Waals surface area contributed by atoms with Gasteiger partial charge in [-0.1, -0.05) is 0 Å². The molecule has 1 aliphatic carbocycles. The number of carbonyl (C=O) groups is 1. The molecule has 1 unspecified atom stereocenters. The SMILES string of the molecule is Cc1nc(Br)ccc1NC(=O)C1CCCc2sccc21. The smallest absolute Gasteiger partial charge is 0.232 e. The second kappa shape index (κ2) is 5.66. The van der Waals surface area contributed by atoms with E-state index in [1.54, 1.807) is 11.3 Å². The summed E-state index contributed by atoms with van der Waals surface area (Å²) < 4.78 is 0.783. The monoisotopic (exact) mass is 350 g/mol. The number of pyridine rings is 1. The highest BCUT2D eigenvalue weighted by molar-refractivity contribution is 9.10. The van der Waals surface area contributed by atoms with Crippen LogP contribution in [0.2, 0.25) is 0 Å². The van der Waals surface area contributed by atoms with Crippen LogP contribution in [0.1, 0.15) is 34.9 Å². The van der Waals surface area contributed by atoms with E-state index in [4.69, 9.17) is 0 Å². The lowest BCUT2D eigenvalue weighted by Crippen LogP contribution is -2.24. The van der Waals surface area contributed by atoms with Gasteiger partial charge >= 0.3 is 0 Å². The molecule has 0 spiro atoms. The number of anilines is 1. The normalized spacial score (nSPS) is 17.6. The lowest BCUT2D eigenvalue weighted by atomic mass is 9.87. The van der Waals surface area contributed by atoms with Crippen LogP contribution in [-0.2, 0) is 11.2 Å². The van der Waals surface area contributed by atoms with Crippen LogP contribution in [0.25, 0.3) is 0 Å². The molecule has 2 heterocycles. The van der Waals surface area contributed by atoms with Gasteiger partial charge < -0.3 is 5.32 Å². The first kappa shape index (κ1) is 13.8. The van der Waals surface area contributed by atoms with Gasteiger partial charge in [0.05, 0.1) is 17.3 Å². The summed E-state index contributed by atoms with van der Waals surface area (Å²) in [5.41, 5.74) is 2.83. The molecule has 0 aliphatic heterocycles. The molecule has 0 saturated carbocycles. The maximum atomic E-state index is 12.5. The molecule has 104 valence electrons. The molecule has 20 heavy (non-hydrogen) atoms. The van der Waals surface area contributed by atoms with Gasteiger partial charge in [-0.15, -0.1) is 11.3 Å². The number of amides is 1. The number of nitrogens with zero attached hydrogens (tertiary/aromatic N) is 1. The van der Waals surface area contributed by atoms with E-state index in [2.05, 4.69) is 37.7 Å². The summed E-state index contributed by atoms with van der Waals surface area (Å²) in [5.74, 6) is 0.0598. The highest BCUT2D eigenvalue weighted by Crippen LogP contribution is 2.35. The molecule has 0 radical (unpaired) electrons. The number of aryl methyl sites for hydroxylation is 2. The molecule has 3 nitrogen and oxygen atoms in total. The zero-order valence-electron chi connectivity index (χ0n) is 11.1. The van der Waals surface area contributed by atoms with E-state index in [9.17, 15) is 4.79 Å². The predicted molar refractivity (Wildman–Crippen MR) is 85.3 cm³/mol. The van der Waals surface area contributed by atoms with Crippen LogP contribution in [0.4, 0.5) is 5.69 Å². The van der Waals surface area contributed by atoms with Gasteiger partial charge in [0.25, 0.3) is 0 Å². The van der Waals surface area contributed by atoms with Crippen molar-refractivity contribution in [3.63, 3.8) is 0 Å². The third-order valence-corrected chi connectivity index (χ3v) is 5.12. The Morgan fingerprint density at radius 1 is 1.45 bits per heavy atom. The molecule has 1 amide bonds. The number of nitrogens with one attached hydrogen (secondary N) is 1. The van der Waals surface area contributed by atoms with Crippen molar-refractivity contribution >= 4 is 38.9 Å². The topological polar surface area (TPSA) is 42.0 Å². The summed E-state index contributed by atoms with van der Waals surface area (Å²) in [6, 6.07) is 5.83. The number of carbonyl (C=O) groups excluding carboxylic acids is 1. The maximum absolute atomic E-state index is 12.5. The largest absolute Gasteiger partial charge is 0.324 e. The molecule has 0 saturated heterocycles. The highest BCUT2D eigenvalue weighted by atomic mass is 79.9. The van der Waals surface area contributed by atoms with Crippen LogP contribution >= 0.6 is 27.3 Å². The Morgan fingerprint density at radius 2 is 2.30 bits per heavy atom. The molecule has 2 aromatic heterocycles. The third-order valence-electron chi connectivity index (χ3n) is 3.68. The van der Waals surface area contributed by atoms with Gasteiger partial charge in [0, 0.05) is 4.88 Å². The summed E-state index contributed by atoms with van der Waals surface area (Å²) in [5, 5.41) is 5.11. The van der Waals surface area contributed by atoms with E-state index in [0.717, 1.165) is 35.2 Å². The van der Waals surface area contributed by atoms with E-state index in [-0.39, 0.29) is 11.8 Å². The van der Waals surface area contributed by atoms with Gasteiger partial charge in [0.1, 0.15) is 4.60 Å². The Kier molecular flexibility index (Phi) is 3.89. The first-order chi connectivity index (χ1) is 9.65. The van der Waals surface area contributed by atoms with Crippen molar-refractivity contribution in [3.05, 3.63) is 44.3 Å². The average Bonchev–Trinajstić information content (AvgIpc) is 2.90. The van der Waals surface area contributed by atoms with Crippen LogP contribution in [0.15, 0.2) is 28.2 Å². The lowest BCUT2D eigenvalue weighted by Gasteiger charge is -2.22. The molecule has 5 heteroatoms. The van der Waals surface area contributed by atoms with Gasteiger partial charge in [0.15, 0.2) is 0 Å². The van der Waals surface area contributed by atoms with Crippen LogP contribution in [0.5, 0.6) is 0 Å². The third kappa shape index (κ3) is 2.65. The quantitative estimate of drug-likeness (QED) is 0.821. The number of hydrogen-bond donors (Lipinski definition) is 1. The molecular formula is C15H15BrN2OS. The zero-order valence-corrected chi connectivity index (χ0v) is 13.6. The van der Waals surface area contributed by atoms with Gasteiger partial charge in [-0.05, 0) is 71.3 Å². The Balaban J connectivity index is 1.81. The number of rotatable bonds is 2. The van der Waals surface area contributed by atoms with E-state index in [1.807, 2.05) is 19.1 Å². The summed E-state index contributed by atoms with van der Waals surface area (Å²) in [6.45, 7) is 1.90. The average molecular weight is 351 g/mol. The van der Waals surface area contributed by atoms with Crippen LogP contribution in [0.3, 0.4) is 0 Å². The van der Waals surface area contributed by atoms with Gasteiger partial charge in [0.2, 0.25) is 5.91 Å². The number of halogens is 1. The molecule has 0 fully saturated rings. The predicted octanol–water partition coefficient (Wildman–Crippen LogP) is 4.27. The fraction of sp³-hybridized carbons (Fsp3) is 0.333. The molecular weight excluding hydrogens is 336 g/mol. The maximum Gasteiger partial charge on any atom is 0.232 e. The van der Waals surface area contributed by atoms with Crippen molar-refractivity contribution in [3.8, 4) is 0 Å². The first-order valence-corrected chi connectivity index (χ1v) is 8.32. The zero-order chi connectivity index (χ0) is 14.1. The number of hydrogen-bond acceptors (Lipinski definition) is 3.